The molecule has 1 heterocycles. The lowest BCUT2D eigenvalue weighted by Crippen LogP contribution is -2.42. The third-order valence-electron chi connectivity index (χ3n) is 3.89. The van der Waals surface area contributed by atoms with Crippen LogP contribution in [0.1, 0.15) is 37.5 Å². The maximum atomic E-state index is 10.3. The Balaban J connectivity index is 1.88. The van der Waals surface area contributed by atoms with Gasteiger partial charge < -0.3 is 25.2 Å². The van der Waals surface area contributed by atoms with E-state index in [1.807, 2.05) is 4.57 Å². The quantitative estimate of drug-likeness (QED) is 0.578. The van der Waals surface area contributed by atoms with Crippen molar-refractivity contribution in [1.82, 2.24) is 20.1 Å². The van der Waals surface area contributed by atoms with E-state index in [0.29, 0.717) is 17.7 Å². The largest absolute Gasteiger partial charge is 0.508 e. The van der Waals surface area contributed by atoms with Crippen molar-refractivity contribution in [3.05, 3.63) is 42.0 Å². The van der Waals surface area contributed by atoms with Crippen molar-refractivity contribution >= 4 is 0 Å². The first kappa shape index (κ1) is 17.4. The SMILES string of the molecule is CC(C)(CCn1cnnc1)NCC(O)c1ccc(O)c(CO)c1. The molecule has 0 spiro atoms. The molecule has 2 aromatic rings. The molecule has 0 aliphatic carbocycles. The summed E-state index contributed by atoms with van der Waals surface area (Å²) in [5.41, 5.74) is 0.907. The predicted molar refractivity (Wildman–Crippen MR) is 85.7 cm³/mol. The first-order chi connectivity index (χ1) is 10.9. The number of aliphatic hydroxyl groups excluding tert-OH is 2. The summed E-state index contributed by atoms with van der Waals surface area (Å²) in [5.74, 6) is 0.0330. The lowest BCUT2D eigenvalue weighted by molar-refractivity contribution is 0.157. The van der Waals surface area contributed by atoms with Gasteiger partial charge in [0, 0.05) is 24.2 Å². The molecule has 1 aromatic carbocycles. The minimum absolute atomic E-state index is 0.0330. The van der Waals surface area contributed by atoms with Crippen LogP contribution in [0.4, 0.5) is 0 Å². The van der Waals surface area contributed by atoms with Crippen LogP contribution >= 0.6 is 0 Å². The number of hydrogen-bond donors (Lipinski definition) is 4. The van der Waals surface area contributed by atoms with E-state index in [2.05, 4.69) is 29.4 Å². The van der Waals surface area contributed by atoms with Gasteiger partial charge in [-0.3, -0.25) is 0 Å². The molecule has 7 heteroatoms. The zero-order chi connectivity index (χ0) is 16.9. The molecule has 1 atom stereocenters. The van der Waals surface area contributed by atoms with E-state index in [0.717, 1.165) is 13.0 Å². The summed E-state index contributed by atoms with van der Waals surface area (Å²) in [6.45, 7) is 5.05. The van der Waals surface area contributed by atoms with Crippen LogP contribution in [0.15, 0.2) is 30.9 Å². The zero-order valence-electron chi connectivity index (χ0n) is 13.5. The molecule has 0 aliphatic heterocycles. The number of nitrogens with one attached hydrogen (secondary N) is 1. The van der Waals surface area contributed by atoms with Gasteiger partial charge in [0.25, 0.3) is 0 Å². The molecule has 1 aromatic heterocycles. The van der Waals surface area contributed by atoms with E-state index < -0.39 is 6.10 Å². The van der Waals surface area contributed by atoms with Crippen LogP contribution in [0, 0.1) is 0 Å². The molecule has 0 saturated carbocycles. The fourth-order valence-corrected chi connectivity index (χ4v) is 2.26. The highest BCUT2D eigenvalue weighted by atomic mass is 16.3. The van der Waals surface area contributed by atoms with Gasteiger partial charge in [-0.25, -0.2) is 0 Å². The maximum absolute atomic E-state index is 10.3. The summed E-state index contributed by atoms with van der Waals surface area (Å²) in [5, 5.41) is 39.9. The molecule has 23 heavy (non-hydrogen) atoms. The Kier molecular flexibility index (Phi) is 5.70. The van der Waals surface area contributed by atoms with Crippen molar-refractivity contribution in [2.24, 2.45) is 0 Å². The number of aliphatic hydroxyl groups is 2. The van der Waals surface area contributed by atoms with Crippen LogP contribution in [0.25, 0.3) is 0 Å². The topological polar surface area (TPSA) is 103 Å². The fraction of sp³-hybridized carbons (Fsp3) is 0.500. The van der Waals surface area contributed by atoms with Gasteiger partial charge in [-0.15, -0.1) is 10.2 Å². The summed E-state index contributed by atoms with van der Waals surface area (Å²) in [6, 6.07) is 4.76. The molecule has 1 unspecified atom stereocenters. The molecule has 0 amide bonds. The molecule has 126 valence electrons. The smallest absolute Gasteiger partial charge is 0.121 e. The van der Waals surface area contributed by atoms with Gasteiger partial charge in [-0.1, -0.05) is 6.07 Å². The second-order valence-electron chi connectivity index (χ2n) is 6.28. The summed E-state index contributed by atoms with van der Waals surface area (Å²) >= 11 is 0. The minimum atomic E-state index is -0.713. The van der Waals surface area contributed by atoms with E-state index in [4.69, 9.17) is 0 Å². The van der Waals surface area contributed by atoms with Gasteiger partial charge >= 0.3 is 0 Å². The van der Waals surface area contributed by atoms with E-state index in [-0.39, 0.29) is 17.9 Å². The molecular weight excluding hydrogens is 296 g/mol. The number of aromatic nitrogens is 3. The molecule has 4 N–H and O–H groups in total. The second-order valence-corrected chi connectivity index (χ2v) is 6.28. The third kappa shape index (κ3) is 5.02. The van der Waals surface area contributed by atoms with Gasteiger partial charge in [0.1, 0.15) is 18.4 Å². The molecule has 0 aliphatic rings. The van der Waals surface area contributed by atoms with Crippen LogP contribution in [-0.2, 0) is 13.2 Å². The molecular formula is C16H24N4O3. The van der Waals surface area contributed by atoms with Gasteiger partial charge in [-0.2, -0.15) is 0 Å². The molecule has 0 fully saturated rings. The highest BCUT2D eigenvalue weighted by molar-refractivity contribution is 5.36. The minimum Gasteiger partial charge on any atom is -0.508 e. The van der Waals surface area contributed by atoms with E-state index in [1.165, 1.54) is 6.07 Å². The summed E-state index contributed by atoms with van der Waals surface area (Å²) in [6.07, 6.45) is 3.50. The Morgan fingerprint density at radius 2 is 1.96 bits per heavy atom. The number of aryl methyl sites for hydroxylation is 1. The van der Waals surface area contributed by atoms with Crippen molar-refractivity contribution < 1.29 is 15.3 Å². The number of phenols is 1. The van der Waals surface area contributed by atoms with Crippen molar-refractivity contribution in [1.29, 1.82) is 0 Å². The first-order valence-corrected chi connectivity index (χ1v) is 7.59. The van der Waals surface area contributed by atoms with Crippen molar-refractivity contribution in [2.45, 2.75) is 45.1 Å². The third-order valence-corrected chi connectivity index (χ3v) is 3.89. The lowest BCUT2D eigenvalue weighted by atomic mass is 9.99. The summed E-state index contributed by atoms with van der Waals surface area (Å²) in [7, 11) is 0. The van der Waals surface area contributed by atoms with Gasteiger partial charge in [-0.05, 0) is 38.0 Å². The lowest BCUT2D eigenvalue weighted by Gasteiger charge is -2.28. The van der Waals surface area contributed by atoms with Gasteiger partial charge in [0.2, 0.25) is 0 Å². The average Bonchev–Trinajstić information content (AvgIpc) is 3.05. The Hall–Kier alpha value is -1.96. The number of nitrogens with zero attached hydrogens (tertiary/aromatic N) is 3. The predicted octanol–water partition coefficient (Wildman–Crippen LogP) is 0.968. The van der Waals surface area contributed by atoms with Gasteiger partial charge in [0.15, 0.2) is 0 Å². The van der Waals surface area contributed by atoms with Crippen LogP contribution in [0.2, 0.25) is 0 Å². The fourth-order valence-electron chi connectivity index (χ4n) is 2.26. The van der Waals surface area contributed by atoms with Crippen molar-refractivity contribution in [2.75, 3.05) is 6.54 Å². The number of rotatable bonds is 8. The second kappa shape index (κ2) is 7.54. The normalized spacial score (nSPS) is 13.2. The molecule has 2 rings (SSSR count). The number of β-amino-alcohol motifs (C(OH)–C–C–N with tert-alkyl or cyclic N) is 1. The van der Waals surface area contributed by atoms with Gasteiger partial charge in [0.05, 0.1) is 12.7 Å². The first-order valence-electron chi connectivity index (χ1n) is 7.59. The molecule has 0 radical (unpaired) electrons. The number of hydrogen-bond acceptors (Lipinski definition) is 6. The molecule has 0 bridgehead atoms. The standard InChI is InChI=1S/C16H24N4O3/c1-16(2,5-6-20-10-18-19-11-20)17-8-15(23)12-3-4-14(22)13(7-12)9-21/h3-4,7,10-11,15,17,21-23H,5-6,8-9H2,1-2H3. The van der Waals surface area contributed by atoms with Crippen LogP contribution in [0.3, 0.4) is 0 Å². The number of benzene rings is 1. The molecule has 7 nitrogen and oxygen atoms in total. The van der Waals surface area contributed by atoms with Crippen LogP contribution in [-0.4, -0.2) is 42.2 Å². The van der Waals surface area contributed by atoms with E-state index in [9.17, 15) is 15.3 Å². The Labute approximate surface area is 135 Å². The average molecular weight is 320 g/mol. The highest BCUT2D eigenvalue weighted by Crippen LogP contribution is 2.23. The Morgan fingerprint density at radius 1 is 1.26 bits per heavy atom. The van der Waals surface area contributed by atoms with Crippen molar-refractivity contribution in [3.63, 3.8) is 0 Å². The summed E-state index contributed by atoms with van der Waals surface area (Å²) < 4.78 is 1.91. The van der Waals surface area contributed by atoms with Crippen molar-refractivity contribution in [3.8, 4) is 5.75 Å². The number of aromatic hydroxyl groups is 1. The molecule has 0 saturated heterocycles. The van der Waals surface area contributed by atoms with Crippen LogP contribution in [0.5, 0.6) is 5.75 Å². The monoisotopic (exact) mass is 320 g/mol. The Bertz CT molecular complexity index is 614. The van der Waals surface area contributed by atoms with E-state index >= 15 is 0 Å². The highest BCUT2D eigenvalue weighted by Gasteiger charge is 2.19. The zero-order valence-corrected chi connectivity index (χ0v) is 13.5. The summed E-state index contributed by atoms with van der Waals surface area (Å²) in [4.78, 5) is 0. The Morgan fingerprint density at radius 3 is 2.61 bits per heavy atom. The van der Waals surface area contributed by atoms with Crippen LogP contribution < -0.4 is 5.32 Å². The maximum Gasteiger partial charge on any atom is 0.121 e. The van der Waals surface area contributed by atoms with E-state index in [1.54, 1.807) is 24.8 Å².